The van der Waals surface area contributed by atoms with E-state index in [4.69, 9.17) is 14.8 Å². The van der Waals surface area contributed by atoms with Crippen molar-refractivity contribution in [3.63, 3.8) is 0 Å². The van der Waals surface area contributed by atoms with Gasteiger partial charge in [0.1, 0.15) is 5.82 Å². The SMILES string of the molecule is COC1(CC(=O)O)CCN(C(=O)CCCCc2ccc3c(n2)NCCC3)CC1. The number of fused-ring (bicyclic) bond motifs is 1. The van der Waals surface area contributed by atoms with Crippen LogP contribution in [0.2, 0.25) is 0 Å². The molecule has 1 saturated heterocycles. The van der Waals surface area contributed by atoms with Gasteiger partial charge in [0.15, 0.2) is 0 Å². The fourth-order valence-corrected chi connectivity index (χ4v) is 4.14. The number of carboxylic acid groups (broad SMARTS) is 1. The third kappa shape index (κ3) is 5.22. The molecular formula is C21H31N3O4. The van der Waals surface area contributed by atoms with E-state index in [-0.39, 0.29) is 12.3 Å². The molecule has 0 saturated carbocycles. The Morgan fingerprint density at radius 2 is 2.07 bits per heavy atom. The maximum Gasteiger partial charge on any atom is 0.306 e. The molecule has 0 radical (unpaired) electrons. The van der Waals surface area contributed by atoms with Crippen LogP contribution < -0.4 is 5.32 Å². The van der Waals surface area contributed by atoms with Gasteiger partial charge in [-0.2, -0.15) is 0 Å². The van der Waals surface area contributed by atoms with E-state index in [1.54, 1.807) is 7.11 Å². The molecule has 154 valence electrons. The highest BCUT2D eigenvalue weighted by Crippen LogP contribution is 2.29. The van der Waals surface area contributed by atoms with Crippen LogP contribution in [-0.4, -0.2) is 59.2 Å². The van der Waals surface area contributed by atoms with Gasteiger partial charge in [-0.15, -0.1) is 0 Å². The monoisotopic (exact) mass is 389 g/mol. The van der Waals surface area contributed by atoms with Crippen molar-refractivity contribution >= 4 is 17.7 Å². The number of anilines is 1. The summed E-state index contributed by atoms with van der Waals surface area (Å²) in [6.07, 6.45) is 6.59. The number of carbonyl (C=O) groups is 2. The molecule has 2 N–H and O–H groups in total. The molecule has 7 nitrogen and oxygen atoms in total. The Bertz CT molecular complexity index is 699. The van der Waals surface area contributed by atoms with E-state index >= 15 is 0 Å². The minimum absolute atomic E-state index is 0.00579. The molecule has 7 heteroatoms. The fourth-order valence-electron chi connectivity index (χ4n) is 4.14. The van der Waals surface area contributed by atoms with Crippen LogP contribution >= 0.6 is 0 Å². The summed E-state index contributed by atoms with van der Waals surface area (Å²) in [5.41, 5.74) is 1.75. The number of nitrogens with zero attached hydrogens (tertiary/aromatic N) is 2. The van der Waals surface area contributed by atoms with E-state index in [0.29, 0.717) is 32.4 Å². The van der Waals surface area contributed by atoms with Crippen LogP contribution in [0.1, 0.15) is 56.2 Å². The molecule has 1 aromatic heterocycles. The van der Waals surface area contributed by atoms with Gasteiger partial charge in [-0.25, -0.2) is 4.98 Å². The predicted molar refractivity (Wildman–Crippen MR) is 106 cm³/mol. The number of carboxylic acids is 1. The van der Waals surface area contributed by atoms with E-state index in [2.05, 4.69) is 17.4 Å². The number of aromatic nitrogens is 1. The third-order valence-electron chi connectivity index (χ3n) is 5.96. The van der Waals surface area contributed by atoms with Crippen molar-refractivity contribution in [3.8, 4) is 0 Å². The van der Waals surface area contributed by atoms with Gasteiger partial charge in [-0.05, 0) is 56.6 Å². The molecule has 0 aliphatic carbocycles. The number of aryl methyl sites for hydroxylation is 2. The molecule has 0 bridgehead atoms. The van der Waals surface area contributed by atoms with Gasteiger partial charge < -0.3 is 20.1 Å². The number of piperidine rings is 1. The van der Waals surface area contributed by atoms with Crippen LogP contribution in [0.3, 0.4) is 0 Å². The average molecular weight is 389 g/mol. The summed E-state index contributed by atoms with van der Waals surface area (Å²) >= 11 is 0. The topological polar surface area (TPSA) is 91.8 Å². The zero-order valence-corrected chi connectivity index (χ0v) is 16.7. The summed E-state index contributed by atoms with van der Waals surface area (Å²) in [5.74, 6) is 0.323. The molecular weight excluding hydrogens is 358 g/mol. The van der Waals surface area contributed by atoms with Crippen molar-refractivity contribution in [2.45, 2.75) is 63.4 Å². The standard InChI is InChI=1S/C21H31N3O4/c1-28-21(15-19(26)27)10-13-24(14-11-21)18(25)7-3-2-6-17-9-8-16-5-4-12-22-20(16)23-17/h8-9H,2-7,10-15H2,1H3,(H,22,23)(H,26,27). The lowest BCUT2D eigenvalue weighted by atomic mass is 9.87. The van der Waals surface area contributed by atoms with E-state index in [1.165, 1.54) is 5.56 Å². The second-order valence-electron chi connectivity index (χ2n) is 7.89. The van der Waals surface area contributed by atoms with Crippen LogP contribution in [0, 0.1) is 0 Å². The molecule has 1 amide bonds. The van der Waals surface area contributed by atoms with Gasteiger partial charge in [0.25, 0.3) is 0 Å². The molecule has 0 aromatic carbocycles. The molecule has 2 aliphatic rings. The lowest BCUT2D eigenvalue weighted by Gasteiger charge is -2.40. The Morgan fingerprint density at radius 3 is 2.79 bits per heavy atom. The molecule has 2 aliphatic heterocycles. The first kappa shape index (κ1) is 20.6. The lowest BCUT2D eigenvalue weighted by molar-refractivity contribution is -0.149. The second-order valence-corrected chi connectivity index (χ2v) is 7.89. The minimum atomic E-state index is -0.854. The first-order chi connectivity index (χ1) is 13.5. The summed E-state index contributed by atoms with van der Waals surface area (Å²) in [6, 6.07) is 4.27. The van der Waals surface area contributed by atoms with E-state index in [9.17, 15) is 9.59 Å². The van der Waals surface area contributed by atoms with Gasteiger partial charge in [0, 0.05) is 38.9 Å². The molecule has 1 aromatic rings. The number of carbonyl (C=O) groups excluding carboxylic acids is 1. The second kappa shape index (κ2) is 9.37. The van der Waals surface area contributed by atoms with Crippen molar-refractivity contribution in [2.24, 2.45) is 0 Å². The number of methoxy groups -OCH3 is 1. The number of hydrogen-bond acceptors (Lipinski definition) is 5. The van der Waals surface area contributed by atoms with Gasteiger partial charge >= 0.3 is 5.97 Å². The lowest BCUT2D eigenvalue weighted by Crippen LogP contribution is -2.48. The Labute approximate surface area is 166 Å². The third-order valence-corrected chi connectivity index (χ3v) is 5.96. The predicted octanol–water partition coefficient (Wildman–Crippen LogP) is 2.63. The van der Waals surface area contributed by atoms with Gasteiger partial charge in [0.05, 0.1) is 12.0 Å². The summed E-state index contributed by atoms with van der Waals surface area (Å²) in [4.78, 5) is 30.1. The molecule has 0 spiro atoms. The largest absolute Gasteiger partial charge is 0.481 e. The quantitative estimate of drug-likeness (QED) is 0.664. The Morgan fingerprint density at radius 1 is 1.29 bits per heavy atom. The molecule has 0 unspecified atom stereocenters. The first-order valence-electron chi connectivity index (χ1n) is 10.3. The normalized spacial score (nSPS) is 18.2. The van der Waals surface area contributed by atoms with Gasteiger partial charge in [-0.1, -0.05) is 6.07 Å². The number of likely N-dealkylation sites (tertiary alicyclic amines) is 1. The van der Waals surface area contributed by atoms with Crippen molar-refractivity contribution in [1.29, 1.82) is 0 Å². The molecule has 3 heterocycles. The highest BCUT2D eigenvalue weighted by molar-refractivity contribution is 5.76. The fraction of sp³-hybridized carbons (Fsp3) is 0.667. The zero-order valence-electron chi connectivity index (χ0n) is 16.7. The van der Waals surface area contributed by atoms with E-state index < -0.39 is 11.6 Å². The van der Waals surface area contributed by atoms with Crippen LogP contribution in [0.25, 0.3) is 0 Å². The highest BCUT2D eigenvalue weighted by atomic mass is 16.5. The smallest absolute Gasteiger partial charge is 0.306 e. The Balaban J connectivity index is 1.39. The van der Waals surface area contributed by atoms with E-state index in [1.807, 2.05) is 4.90 Å². The number of hydrogen-bond donors (Lipinski definition) is 2. The molecule has 1 fully saturated rings. The summed E-state index contributed by atoms with van der Waals surface area (Å²) in [5, 5.41) is 12.4. The Kier molecular flexibility index (Phi) is 6.88. The number of ether oxygens (including phenoxy) is 1. The molecule has 3 rings (SSSR count). The van der Waals surface area contributed by atoms with Crippen molar-refractivity contribution in [3.05, 3.63) is 23.4 Å². The number of amides is 1. The maximum absolute atomic E-state index is 12.5. The molecule has 28 heavy (non-hydrogen) atoms. The van der Waals surface area contributed by atoms with E-state index in [0.717, 1.165) is 50.2 Å². The van der Waals surface area contributed by atoms with Crippen molar-refractivity contribution in [2.75, 3.05) is 32.1 Å². The van der Waals surface area contributed by atoms with Crippen LogP contribution in [0.5, 0.6) is 0 Å². The van der Waals surface area contributed by atoms with Crippen molar-refractivity contribution in [1.82, 2.24) is 9.88 Å². The highest BCUT2D eigenvalue weighted by Gasteiger charge is 2.37. The summed E-state index contributed by atoms with van der Waals surface area (Å²) < 4.78 is 5.47. The number of unbranched alkanes of at least 4 members (excludes halogenated alkanes) is 1. The number of rotatable bonds is 8. The Hall–Kier alpha value is -2.15. The average Bonchev–Trinajstić information content (AvgIpc) is 2.71. The zero-order chi connectivity index (χ0) is 20.0. The molecule has 0 atom stereocenters. The maximum atomic E-state index is 12.5. The number of aliphatic carboxylic acids is 1. The van der Waals surface area contributed by atoms with Crippen molar-refractivity contribution < 1.29 is 19.4 Å². The van der Waals surface area contributed by atoms with Gasteiger partial charge in [0.2, 0.25) is 5.91 Å². The number of pyridine rings is 1. The van der Waals surface area contributed by atoms with Gasteiger partial charge in [-0.3, -0.25) is 9.59 Å². The first-order valence-corrected chi connectivity index (χ1v) is 10.3. The summed E-state index contributed by atoms with van der Waals surface area (Å²) in [6.45, 7) is 2.13. The summed E-state index contributed by atoms with van der Waals surface area (Å²) in [7, 11) is 1.56. The number of nitrogens with one attached hydrogen (secondary N) is 1. The van der Waals surface area contributed by atoms with Crippen LogP contribution in [0.4, 0.5) is 5.82 Å². The minimum Gasteiger partial charge on any atom is -0.481 e. The van der Waals surface area contributed by atoms with Crippen LogP contribution in [0.15, 0.2) is 12.1 Å². The van der Waals surface area contributed by atoms with Crippen LogP contribution in [-0.2, 0) is 27.2 Å².